The molecule has 4 atom stereocenters. The standard InChI is InChI=1S/C28H27Cl2F3N4O5/c29-23-24(30)36(15-34-23)13-20-12-22(17-8-6-16(14-38)7-9-17)42-26(41-20)18-3-1-4-19(11-18)35-25(39)21-5-2-10-37(21)27(40)28(31,32)33/h1,3-4,6-9,11,15,20-22,26,38H,2,5,10,12-14H2,(H,35,39). The predicted octanol–water partition coefficient (Wildman–Crippen LogP) is 5.42. The quantitative estimate of drug-likeness (QED) is 0.363. The van der Waals surface area contributed by atoms with Gasteiger partial charge in [0.1, 0.15) is 11.2 Å². The minimum atomic E-state index is -5.06. The number of hydrogen-bond donors (Lipinski definition) is 2. The number of ether oxygens (including phenoxy) is 2. The van der Waals surface area contributed by atoms with Gasteiger partial charge >= 0.3 is 12.1 Å². The molecule has 0 radical (unpaired) electrons. The van der Waals surface area contributed by atoms with Crippen molar-refractivity contribution >= 4 is 40.7 Å². The summed E-state index contributed by atoms with van der Waals surface area (Å²) in [4.78, 5) is 29.3. The van der Waals surface area contributed by atoms with Crippen LogP contribution in [0.15, 0.2) is 54.9 Å². The van der Waals surface area contributed by atoms with Crippen molar-refractivity contribution in [3.63, 3.8) is 0 Å². The number of aromatic nitrogens is 2. The van der Waals surface area contributed by atoms with Crippen molar-refractivity contribution in [1.82, 2.24) is 14.5 Å². The minimum Gasteiger partial charge on any atom is -0.392 e. The monoisotopic (exact) mass is 626 g/mol. The molecule has 2 aliphatic heterocycles. The number of nitrogens with one attached hydrogen (secondary N) is 1. The molecule has 9 nitrogen and oxygen atoms in total. The van der Waals surface area contributed by atoms with E-state index in [1.807, 2.05) is 12.1 Å². The van der Waals surface area contributed by atoms with E-state index < -0.39 is 42.5 Å². The van der Waals surface area contributed by atoms with E-state index in [0.717, 1.165) is 11.1 Å². The zero-order chi connectivity index (χ0) is 30.0. The van der Waals surface area contributed by atoms with Crippen LogP contribution >= 0.6 is 23.2 Å². The van der Waals surface area contributed by atoms with E-state index in [9.17, 15) is 27.9 Å². The number of hydrogen-bond acceptors (Lipinski definition) is 6. The van der Waals surface area contributed by atoms with Gasteiger partial charge in [-0.3, -0.25) is 9.59 Å². The lowest BCUT2D eigenvalue weighted by atomic mass is 10.00. The lowest BCUT2D eigenvalue weighted by Crippen LogP contribution is -2.48. The molecule has 224 valence electrons. The molecule has 2 fully saturated rings. The Balaban J connectivity index is 1.35. The molecule has 42 heavy (non-hydrogen) atoms. The zero-order valence-corrected chi connectivity index (χ0v) is 23.6. The molecule has 3 aromatic rings. The maximum Gasteiger partial charge on any atom is 0.471 e. The Morgan fingerprint density at radius 2 is 1.86 bits per heavy atom. The van der Waals surface area contributed by atoms with Crippen LogP contribution in [0.2, 0.25) is 10.3 Å². The molecule has 2 amide bonds. The first-order valence-electron chi connectivity index (χ1n) is 13.2. The lowest BCUT2D eigenvalue weighted by Gasteiger charge is -2.36. The number of amides is 2. The number of halogens is 5. The smallest absolute Gasteiger partial charge is 0.392 e. The van der Waals surface area contributed by atoms with Crippen molar-refractivity contribution in [1.29, 1.82) is 0 Å². The molecular weight excluding hydrogens is 600 g/mol. The predicted molar refractivity (Wildman–Crippen MR) is 147 cm³/mol. The molecule has 0 bridgehead atoms. The van der Waals surface area contributed by atoms with Crippen LogP contribution < -0.4 is 5.32 Å². The molecule has 2 N–H and O–H groups in total. The third-order valence-corrected chi connectivity index (χ3v) is 8.00. The molecule has 4 unspecified atom stereocenters. The summed E-state index contributed by atoms with van der Waals surface area (Å²) in [6.07, 6.45) is -4.35. The van der Waals surface area contributed by atoms with Crippen molar-refractivity contribution in [3.8, 4) is 0 Å². The van der Waals surface area contributed by atoms with Crippen LogP contribution in [0.5, 0.6) is 0 Å². The summed E-state index contributed by atoms with van der Waals surface area (Å²) in [5.41, 5.74) is 2.48. The Kier molecular flexibility index (Phi) is 9.09. The molecule has 14 heteroatoms. The molecule has 1 aromatic heterocycles. The van der Waals surface area contributed by atoms with Gasteiger partial charge in [-0.2, -0.15) is 13.2 Å². The lowest BCUT2D eigenvalue weighted by molar-refractivity contribution is -0.252. The second kappa shape index (κ2) is 12.6. The average molecular weight is 627 g/mol. The van der Waals surface area contributed by atoms with Gasteiger partial charge < -0.3 is 29.4 Å². The number of alkyl halides is 3. The number of carbonyl (C=O) groups excluding carboxylic acids is 2. The largest absolute Gasteiger partial charge is 0.471 e. The van der Waals surface area contributed by atoms with Gasteiger partial charge in [0.2, 0.25) is 5.91 Å². The fourth-order valence-corrected chi connectivity index (χ4v) is 5.47. The summed E-state index contributed by atoms with van der Waals surface area (Å²) in [6, 6.07) is 12.7. The van der Waals surface area contributed by atoms with Crippen molar-refractivity contribution in [3.05, 3.63) is 81.9 Å². The molecule has 2 aliphatic rings. The number of imidazole rings is 1. The first kappa shape index (κ1) is 30.3. The van der Waals surface area contributed by atoms with Crippen LogP contribution in [0.3, 0.4) is 0 Å². The highest BCUT2D eigenvalue weighted by Crippen LogP contribution is 2.39. The highest BCUT2D eigenvalue weighted by Gasteiger charge is 2.47. The fraction of sp³-hybridized carbons (Fsp3) is 0.393. The van der Waals surface area contributed by atoms with E-state index >= 15 is 0 Å². The van der Waals surface area contributed by atoms with Gasteiger partial charge in [-0.05, 0) is 36.1 Å². The van der Waals surface area contributed by atoms with Crippen molar-refractivity contribution in [2.24, 2.45) is 0 Å². The van der Waals surface area contributed by atoms with E-state index in [1.54, 1.807) is 41.0 Å². The molecule has 0 saturated carbocycles. The highest BCUT2D eigenvalue weighted by atomic mass is 35.5. The fourth-order valence-electron chi connectivity index (χ4n) is 5.16. The summed E-state index contributed by atoms with van der Waals surface area (Å²) in [5, 5.41) is 12.5. The first-order valence-corrected chi connectivity index (χ1v) is 13.9. The summed E-state index contributed by atoms with van der Waals surface area (Å²) in [7, 11) is 0. The number of carbonyl (C=O) groups is 2. The Morgan fingerprint density at radius 3 is 2.52 bits per heavy atom. The van der Waals surface area contributed by atoms with Crippen LogP contribution in [0.25, 0.3) is 0 Å². The van der Waals surface area contributed by atoms with E-state index in [1.165, 1.54) is 6.33 Å². The van der Waals surface area contributed by atoms with Gasteiger partial charge in [0.25, 0.3) is 0 Å². The Morgan fingerprint density at radius 1 is 1.10 bits per heavy atom. The average Bonchev–Trinajstić information content (AvgIpc) is 3.59. The number of nitrogens with zero attached hydrogens (tertiary/aromatic N) is 3. The summed E-state index contributed by atoms with van der Waals surface area (Å²) < 4.78 is 53.3. The van der Waals surface area contributed by atoms with E-state index in [4.69, 9.17) is 32.7 Å². The number of anilines is 1. The van der Waals surface area contributed by atoms with Gasteiger partial charge in [0.15, 0.2) is 11.4 Å². The normalized spacial score (nSPS) is 22.8. The second-order valence-electron chi connectivity index (χ2n) is 10.1. The second-order valence-corrected chi connectivity index (χ2v) is 10.8. The summed E-state index contributed by atoms with van der Waals surface area (Å²) >= 11 is 12.3. The SMILES string of the molecule is O=C(Nc1cccc(C2OC(Cn3cnc(Cl)c3Cl)CC(c3ccc(CO)cc3)O2)c1)C1CCCN1C(=O)C(F)(F)F. The molecule has 2 saturated heterocycles. The van der Waals surface area contributed by atoms with Crippen molar-refractivity contribution in [2.45, 2.75) is 63.1 Å². The van der Waals surface area contributed by atoms with Crippen LogP contribution in [-0.2, 0) is 32.2 Å². The maximum atomic E-state index is 13.0. The van der Waals surface area contributed by atoms with E-state index in [-0.39, 0.29) is 36.3 Å². The Hall–Kier alpha value is -3.16. The van der Waals surface area contributed by atoms with Gasteiger partial charge in [0, 0.05) is 24.2 Å². The third-order valence-electron chi connectivity index (χ3n) is 7.23. The highest BCUT2D eigenvalue weighted by molar-refractivity contribution is 6.40. The van der Waals surface area contributed by atoms with Crippen molar-refractivity contribution in [2.75, 3.05) is 11.9 Å². The first-order chi connectivity index (χ1) is 20.0. The molecule has 2 aromatic carbocycles. The molecule has 0 aliphatic carbocycles. The van der Waals surface area contributed by atoms with Crippen LogP contribution in [0, 0.1) is 0 Å². The number of likely N-dealkylation sites (tertiary alicyclic amines) is 1. The number of aliphatic hydroxyl groups is 1. The van der Waals surface area contributed by atoms with Gasteiger partial charge in [-0.25, -0.2) is 4.98 Å². The molecule has 5 rings (SSSR count). The van der Waals surface area contributed by atoms with Crippen LogP contribution in [-0.4, -0.2) is 56.2 Å². The molecule has 3 heterocycles. The van der Waals surface area contributed by atoms with E-state index in [0.29, 0.717) is 29.1 Å². The summed E-state index contributed by atoms with van der Waals surface area (Å²) in [5.74, 6) is -2.74. The molecular formula is C28H27Cl2F3N4O5. The minimum absolute atomic E-state index is 0.0957. The van der Waals surface area contributed by atoms with Gasteiger partial charge in [-0.15, -0.1) is 0 Å². The number of benzene rings is 2. The maximum absolute atomic E-state index is 13.0. The van der Waals surface area contributed by atoms with E-state index in [2.05, 4.69) is 10.3 Å². The van der Waals surface area contributed by atoms with Crippen LogP contribution in [0.1, 0.15) is 48.3 Å². The summed E-state index contributed by atoms with van der Waals surface area (Å²) in [6.45, 7) is 0.0841. The van der Waals surface area contributed by atoms with Crippen LogP contribution in [0.4, 0.5) is 18.9 Å². The van der Waals surface area contributed by atoms with Crippen molar-refractivity contribution < 1.29 is 37.3 Å². The van der Waals surface area contributed by atoms with Gasteiger partial charge in [0.05, 0.1) is 31.7 Å². The Labute approximate surface area is 249 Å². The third kappa shape index (κ3) is 6.73. The van der Waals surface area contributed by atoms with Gasteiger partial charge in [-0.1, -0.05) is 59.6 Å². The molecule has 0 spiro atoms. The topological polar surface area (TPSA) is 106 Å². The number of rotatable bonds is 7. The zero-order valence-electron chi connectivity index (χ0n) is 22.1. The number of aliphatic hydroxyl groups excluding tert-OH is 1. The Bertz CT molecular complexity index is 1440.